The third-order valence-electron chi connectivity index (χ3n) is 3.02. The molecule has 0 saturated carbocycles. The van der Waals surface area contributed by atoms with Crippen LogP contribution in [-0.4, -0.2) is 26.9 Å². The van der Waals surface area contributed by atoms with E-state index in [9.17, 15) is 8.42 Å². The van der Waals surface area contributed by atoms with Crippen molar-refractivity contribution in [3.8, 4) is 0 Å². The fourth-order valence-corrected chi connectivity index (χ4v) is 3.80. The van der Waals surface area contributed by atoms with Gasteiger partial charge in [-0.25, -0.2) is 8.42 Å². The number of nitrogens with two attached hydrogens (primary N) is 1. The maximum atomic E-state index is 12.2. The van der Waals surface area contributed by atoms with E-state index in [1.54, 1.807) is 24.3 Å². The summed E-state index contributed by atoms with van der Waals surface area (Å²) in [5, 5.41) is -0.256. The summed E-state index contributed by atoms with van der Waals surface area (Å²) in [4.78, 5) is 0. The highest BCUT2D eigenvalue weighted by molar-refractivity contribution is 7.91. The van der Waals surface area contributed by atoms with Crippen molar-refractivity contribution in [1.82, 2.24) is 0 Å². The van der Waals surface area contributed by atoms with E-state index in [0.29, 0.717) is 31.7 Å². The van der Waals surface area contributed by atoms with Crippen molar-refractivity contribution in [2.24, 2.45) is 0 Å². The van der Waals surface area contributed by atoms with Gasteiger partial charge in [0.15, 0.2) is 9.84 Å². The Bertz CT molecular complexity index is 461. The first kappa shape index (κ1) is 12.4. The van der Waals surface area contributed by atoms with E-state index in [4.69, 9.17) is 10.5 Å². The van der Waals surface area contributed by atoms with E-state index < -0.39 is 9.84 Å². The topological polar surface area (TPSA) is 69.4 Å². The molecule has 0 atom stereocenters. The van der Waals surface area contributed by atoms with Gasteiger partial charge >= 0.3 is 0 Å². The van der Waals surface area contributed by atoms with Crippen LogP contribution in [0.5, 0.6) is 0 Å². The van der Waals surface area contributed by atoms with Crippen molar-refractivity contribution in [2.45, 2.75) is 23.8 Å². The molecular weight excluding hydrogens is 238 g/mol. The number of benzene rings is 1. The molecule has 0 bridgehead atoms. The van der Waals surface area contributed by atoms with Gasteiger partial charge in [0.05, 0.1) is 11.0 Å². The summed E-state index contributed by atoms with van der Waals surface area (Å²) in [7, 11) is -3.07. The molecule has 2 N–H and O–H groups in total. The summed E-state index contributed by atoms with van der Waals surface area (Å²) in [5.74, 6) is 0.0952. The molecular formula is C12H17NO3S. The zero-order valence-corrected chi connectivity index (χ0v) is 10.4. The Balaban J connectivity index is 2.08. The molecule has 0 aliphatic carbocycles. The predicted molar refractivity (Wildman–Crippen MR) is 67.3 cm³/mol. The van der Waals surface area contributed by atoms with Gasteiger partial charge in [0.25, 0.3) is 0 Å². The van der Waals surface area contributed by atoms with Crippen molar-refractivity contribution in [3.05, 3.63) is 29.8 Å². The molecule has 4 nitrogen and oxygen atoms in total. The Morgan fingerprint density at radius 1 is 1.18 bits per heavy atom. The summed E-state index contributed by atoms with van der Waals surface area (Å²) in [6.45, 7) is 1.09. The minimum atomic E-state index is -3.07. The Morgan fingerprint density at radius 3 is 2.35 bits per heavy atom. The van der Waals surface area contributed by atoms with Crippen molar-refractivity contribution in [2.75, 3.05) is 18.9 Å². The molecule has 0 aromatic heterocycles. The maximum Gasteiger partial charge on any atom is 0.157 e. The second-order valence-corrected chi connectivity index (χ2v) is 6.64. The Hall–Kier alpha value is -1.07. The zero-order valence-electron chi connectivity index (χ0n) is 9.63. The molecule has 1 saturated heterocycles. The lowest BCUT2D eigenvalue weighted by Gasteiger charge is -2.22. The Kier molecular flexibility index (Phi) is 3.69. The zero-order chi connectivity index (χ0) is 12.3. The molecule has 1 aromatic rings. The summed E-state index contributed by atoms with van der Waals surface area (Å²) in [6, 6.07) is 7.00. The van der Waals surface area contributed by atoms with Gasteiger partial charge in [-0.2, -0.15) is 0 Å². The van der Waals surface area contributed by atoms with E-state index in [0.717, 1.165) is 5.56 Å². The van der Waals surface area contributed by atoms with Crippen molar-refractivity contribution >= 4 is 15.5 Å². The Morgan fingerprint density at radius 2 is 1.76 bits per heavy atom. The molecule has 1 heterocycles. The van der Waals surface area contributed by atoms with Gasteiger partial charge in [-0.05, 0) is 30.5 Å². The SMILES string of the molecule is Nc1ccc(CS(=O)(=O)C2CCOCC2)cc1. The second-order valence-electron chi connectivity index (χ2n) is 4.36. The number of rotatable bonds is 3. The van der Waals surface area contributed by atoms with Crippen LogP contribution in [0.4, 0.5) is 5.69 Å². The van der Waals surface area contributed by atoms with Crippen LogP contribution in [-0.2, 0) is 20.3 Å². The highest BCUT2D eigenvalue weighted by Gasteiger charge is 2.27. The number of ether oxygens (including phenoxy) is 1. The van der Waals surface area contributed by atoms with E-state index in [1.165, 1.54) is 0 Å². The largest absolute Gasteiger partial charge is 0.399 e. The molecule has 1 aliphatic rings. The fraction of sp³-hybridized carbons (Fsp3) is 0.500. The molecule has 17 heavy (non-hydrogen) atoms. The van der Waals surface area contributed by atoms with Gasteiger partial charge in [0, 0.05) is 18.9 Å². The third-order valence-corrected chi connectivity index (χ3v) is 5.25. The van der Waals surface area contributed by atoms with Crippen molar-refractivity contribution in [3.63, 3.8) is 0 Å². The van der Waals surface area contributed by atoms with Crippen LogP contribution in [0.1, 0.15) is 18.4 Å². The average Bonchev–Trinajstić information content (AvgIpc) is 2.33. The van der Waals surface area contributed by atoms with Crippen LogP contribution in [0.25, 0.3) is 0 Å². The normalized spacial score (nSPS) is 18.1. The van der Waals surface area contributed by atoms with Gasteiger partial charge in [0.2, 0.25) is 0 Å². The average molecular weight is 255 g/mol. The molecule has 2 rings (SSSR count). The van der Waals surface area contributed by atoms with E-state index >= 15 is 0 Å². The first-order chi connectivity index (χ1) is 8.08. The standard InChI is InChI=1S/C12H17NO3S/c13-11-3-1-10(2-4-11)9-17(14,15)12-5-7-16-8-6-12/h1-4,12H,5-9,13H2. The van der Waals surface area contributed by atoms with Gasteiger partial charge in [-0.3, -0.25) is 0 Å². The first-order valence-electron chi connectivity index (χ1n) is 5.72. The molecule has 1 aliphatic heterocycles. The van der Waals surface area contributed by atoms with Gasteiger partial charge in [-0.1, -0.05) is 12.1 Å². The summed E-state index contributed by atoms with van der Waals surface area (Å²) in [6.07, 6.45) is 1.22. The van der Waals surface area contributed by atoms with E-state index in [-0.39, 0.29) is 11.0 Å². The molecule has 0 amide bonds. The summed E-state index contributed by atoms with van der Waals surface area (Å²) in [5.41, 5.74) is 7.01. The molecule has 0 radical (unpaired) electrons. The monoisotopic (exact) mass is 255 g/mol. The van der Waals surface area contributed by atoms with Crippen molar-refractivity contribution < 1.29 is 13.2 Å². The Labute approximate surface area is 102 Å². The smallest absolute Gasteiger partial charge is 0.157 e. The van der Waals surface area contributed by atoms with E-state index in [2.05, 4.69) is 0 Å². The molecule has 0 spiro atoms. The highest BCUT2D eigenvalue weighted by Crippen LogP contribution is 2.20. The summed E-state index contributed by atoms with van der Waals surface area (Å²) < 4.78 is 29.5. The molecule has 5 heteroatoms. The van der Waals surface area contributed by atoms with Crippen LogP contribution in [0.2, 0.25) is 0 Å². The fourth-order valence-electron chi connectivity index (χ4n) is 2.00. The molecule has 94 valence electrons. The van der Waals surface area contributed by atoms with Crippen molar-refractivity contribution in [1.29, 1.82) is 0 Å². The lowest BCUT2D eigenvalue weighted by Crippen LogP contribution is -2.29. The number of nitrogen functional groups attached to an aromatic ring is 1. The minimum Gasteiger partial charge on any atom is -0.399 e. The van der Waals surface area contributed by atoms with Crippen LogP contribution < -0.4 is 5.73 Å². The van der Waals surface area contributed by atoms with Gasteiger partial charge < -0.3 is 10.5 Å². The number of hydrogen-bond acceptors (Lipinski definition) is 4. The quantitative estimate of drug-likeness (QED) is 0.828. The highest BCUT2D eigenvalue weighted by atomic mass is 32.2. The van der Waals surface area contributed by atoms with Crippen LogP contribution in [0.15, 0.2) is 24.3 Å². The number of sulfone groups is 1. The van der Waals surface area contributed by atoms with Gasteiger partial charge in [0.1, 0.15) is 0 Å². The molecule has 1 fully saturated rings. The number of anilines is 1. The second kappa shape index (κ2) is 5.06. The molecule has 0 unspecified atom stereocenters. The van der Waals surface area contributed by atoms with Crippen LogP contribution in [0, 0.1) is 0 Å². The maximum absolute atomic E-state index is 12.2. The first-order valence-corrected chi connectivity index (χ1v) is 7.43. The molecule has 1 aromatic carbocycles. The minimum absolute atomic E-state index is 0.0952. The van der Waals surface area contributed by atoms with Crippen LogP contribution in [0.3, 0.4) is 0 Å². The van der Waals surface area contributed by atoms with Crippen LogP contribution >= 0.6 is 0 Å². The summed E-state index contributed by atoms with van der Waals surface area (Å²) >= 11 is 0. The predicted octanol–water partition coefficient (Wildman–Crippen LogP) is 1.36. The lowest BCUT2D eigenvalue weighted by molar-refractivity contribution is 0.0983. The van der Waals surface area contributed by atoms with Gasteiger partial charge in [-0.15, -0.1) is 0 Å². The van der Waals surface area contributed by atoms with E-state index in [1.807, 2.05) is 0 Å². The number of hydrogen-bond donors (Lipinski definition) is 1. The lowest BCUT2D eigenvalue weighted by atomic mass is 10.2. The third kappa shape index (κ3) is 3.20.